The standard InChI is InChI=1S/C19H27F3N2O2/c1-13(14-5-4-6-16(11-14)26-19(20,21)22)18(25)9-3-2-7-17(18)24-10-8-15(23)12-24/h4-6,11,13,15,17,25H,2-3,7-10,12,23H2,1H3/t13?,15-,17?,18?/m0/s1. The highest BCUT2D eigenvalue weighted by molar-refractivity contribution is 5.33. The molecular formula is C19H27F3N2O2. The molecule has 7 heteroatoms. The molecule has 1 heterocycles. The maximum atomic E-state index is 12.5. The average Bonchev–Trinajstić information content (AvgIpc) is 2.99. The number of nitrogens with two attached hydrogens (primary N) is 1. The largest absolute Gasteiger partial charge is 0.573 e. The predicted octanol–water partition coefficient (Wildman–Crippen LogP) is 3.40. The van der Waals surface area contributed by atoms with Crippen LogP contribution in [0.5, 0.6) is 5.75 Å². The van der Waals surface area contributed by atoms with Crippen molar-refractivity contribution in [3.8, 4) is 5.75 Å². The van der Waals surface area contributed by atoms with Crippen LogP contribution in [0.25, 0.3) is 0 Å². The zero-order chi connectivity index (χ0) is 18.9. The van der Waals surface area contributed by atoms with Crippen molar-refractivity contribution in [2.45, 2.75) is 69.0 Å². The molecule has 2 aliphatic rings. The number of rotatable bonds is 4. The summed E-state index contributed by atoms with van der Waals surface area (Å²) in [6.07, 6.45) is -0.340. The van der Waals surface area contributed by atoms with Crippen molar-refractivity contribution in [2.75, 3.05) is 13.1 Å². The molecule has 1 saturated carbocycles. The molecule has 3 unspecified atom stereocenters. The molecule has 0 aromatic heterocycles. The van der Waals surface area contributed by atoms with Gasteiger partial charge in [0.2, 0.25) is 0 Å². The number of benzene rings is 1. The van der Waals surface area contributed by atoms with Crippen LogP contribution in [0.2, 0.25) is 0 Å². The highest BCUT2D eigenvalue weighted by Gasteiger charge is 2.47. The molecule has 1 aromatic carbocycles. The third-order valence-corrected chi connectivity index (χ3v) is 5.92. The minimum Gasteiger partial charge on any atom is -0.406 e. The molecule has 0 spiro atoms. The lowest BCUT2D eigenvalue weighted by Gasteiger charge is -2.48. The fourth-order valence-electron chi connectivity index (χ4n) is 4.53. The molecule has 1 aromatic rings. The van der Waals surface area contributed by atoms with Crippen molar-refractivity contribution in [3.63, 3.8) is 0 Å². The van der Waals surface area contributed by atoms with Gasteiger partial charge in [0, 0.05) is 31.1 Å². The fourth-order valence-corrected chi connectivity index (χ4v) is 4.53. The second-order valence-corrected chi connectivity index (χ2v) is 7.64. The third-order valence-electron chi connectivity index (χ3n) is 5.92. The van der Waals surface area contributed by atoms with Gasteiger partial charge in [0.1, 0.15) is 5.75 Å². The first-order valence-corrected chi connectivity index (χ1v) is 9.27. The summed E-state index contributed by atoms with van der Waals surface area (Å²) in [4.78, 5) is 2.26. The van der Waals surface area contributed by atoms with Crippen LogP contribution in [-0.4, -0.2) is 47.1 Å². The Morgan fingerprint density at radius 1 is 1.31 bits per heavy atom. The number of alkyl halides is 3. The summed E-state index contributed by atoms with van der Waals surface area (Å²) in [5.74, 6) is -0.553. The molecule has 3 N–H and O–H groups in total. The Morgan fingerprint density at radius 2 is 2.08 bits per heavy atom. The van der Waals surface area contributed by atoms with Crippen LogP contribution < -0.4 is 10.5 Å². The van der Waals surface area contributed by atoms with E-state index in [-0.39, 0.29) is 23.8 Å². The van der Waals surface area contributed by atoms with Crippen molar-refractivity contribution >= 4 is 0 Å². The van der Waals surface area contributed by atoms with Crippen LogP contribution in [0, 0.1) is 0 Å². The molecular weight excluding hydrogens is 345 g/mol. The van der Waals surface area contributed by atoms with Crippen LogP contribution in [-0.2, 0) is 0 Å². The third kappa shape index (κ3) is 4.15. The van der Waals surface area contributed by atoms with Gasteiger partial charge in [0.25, 0.3) is 0 Å². The molecule has 4 nitrogen and oxygen atoms in total. The highest BCUT2D eigenvalue weighted by Crippen LogP contribution is 2.43. The van der Waals surface area contributed by atoms with E-state index in [4.69, 9.17) is 5.73 Å². The molecule has 146 valence electrons. The van der Waals surface area contributed by atoms with Crippen molar-refractivity contribution < 1.29 is 23.0 Å². The molecule has 0 bridgehead atoms. The van der Waals surface area contributed by atoms with Crippen LogP contribution in [0.15, 0.2) is 24.3 Å². The number of hydrogen-bond acceptors (Lipinski definition) is 4. The van der Waals surface area contributed by atoms with Gasteiger partial charge < -0.3 is 15.6 Å². The van der Waals surface area contributed by atoms with Crippen molar-refractivity contribution in [1.29, 1.82) is 0 Å². The van der Waals surface area contributed by atoms with Gasteiger partial charge in [0.15, 0.2) is 0 Å². The fraction of sp³-hybridized carbons (Fsp3) is 0.684. The van der Waals surface area contributed by atoms with E-state index in [0.29, 0.717) is 12.0 Å². The summed E-state index contributed by atoms with van der Waals surface area (Å²) in [7, 11) is 0. The van der Waals surface area contributed by atoms with Crippen LogP contribution in [0.4, 0.5) is 13.2 Å². The van der Waals surface area contributed by atoms with Crippen LogP contribution in [0.3, 0.4) is 0 Å². The summed E-state index contributed by atoms with van der Waals surface area (Å²) in [6, 6.07) is 6.07. The smallest absolute Gasteiger partial charge is 0.406 e. The Balaban J connectivity index is 1.84. The Bertz CT molecular complexity index is 625. The molecule has 1 aliphatic heterocycles. The number of hydrogen-bond donors (Lipinski definition) is 2. The van der Waals surface area contributed by atoms with Gasteiger partial charge in [-0.25, -0.2) is 0 Å². The van der Waals surface area contributed by atoms with Crippen molar-refractivity contribution in [2.24, 2.45) is 5.73 Å². The van der Waals surface area contributed by atoms with Crippen LogP contribution >= 0.6 is 0 Å². The Kier molecular flexibility index (Phi) is 5.51. The van der Waals surface area contributed by atoms with Crippen LogP contribution in [0.1, 0.15) is 50.5 Å². The summed E-state index contributed by atoms with van der Waals surface area (Å²) >= 11 is 0. The van der Waals surface area contributed by atoms with E-state index in [2.05, 4.69) is 9.64 Å². The first-order chi connectivity index (χ1) is 12.2. The summed E-state index contributed by atoms with van der Waals surface area (Å²) < 4.78 is 41.6. The van der Waals surface area contributed by atoms with Crippen molar-refractivity contribution in [1.82, 2.24) is 4.90 Å². The molecule has 2 fully saturated rings. The Hall–Kier alpha value is -1.31. The predicted molar refractivity (Wildman–Crippen MR) is 92.9 cm³/mol. The second-order valence-electron chi connectivity index (χ2n) is 7.64. The molecule has 3 rings (SSSR count). The van der Waals surface area contributed by atoms with E-state index in [0.717, 1.165) is 38.8 Å². The van der Waals surface area contributed by atoms with E-state index >= 15 is 0 Å². The van der Waals surface area contributed by atoms with Gasteiger partial charge in [0.05, 0.1) is 5.60 Å². The minimum atomic E-state index is -4.72. The lowest BCUT2D eigenvalue weighted by molar-refractivity contribution is -0.274. The number of likely N-dealkylation sites (tertiary alicyclic amines) is 1. The molecule has 0 radical (unpaired) electrons. The lowest BCUT2D eigenvalue weighted by atomic mass is 9.70. The van der Waals surface area contributed by atoms with E-state index < -0.39 is 12.0 Å². The maximum Gasteiger partial charge on any atom is 0.573 e. The SMILES string of the molecule is CC(c1cccc(OC(F)(F)F)c1)C1(O)CCCCC1N1CC[C@H](N)C1. The van der Waals surface area contributed by atoms with E-state index in [9.17, 15) is 18.3 Å². The topological polar surface area (TPSA) is 58.7 Å². The number of halogens is 3. The lowest BCUT2D eigenvalue weighted by Crippen LogP contribution is -2.57. The van der Waals surface area contributed by atoms with Gasteiger partial charge >= 0.3 is 6.36 Å². The van der Waals surface area contributed by atoms with E-state index in [1.807, 2.05) is 6.92 Å². The monoisotopic (exact) mass is 372 g/mol. The quantitative estimate of drug-likeness (QED) is 0.851. The number of aliphatic hydroxyl groups is 1. The number of nitrogens with zero attached hydrogens (tertiary/aromatic N) is 1. The molecule has 0 amide bonds. The summed E-state index contributed by atoms with van der Waals surface area (Å²) in [5, 5.41) is 11.6. The highest BCUT2D eigenvalue weighted by atomic mass is 19.4. The first-order valence-electron chi connectivity index (χ1n) is 9.27. The Labute approximate surface area is 152 Å². The zero-order valence-electron chi connectivity index (χ0n) is 15.0. The molecule has 1 aliphatic carbocycles. The minimum absolute atomic E-state index is 0.0213. The zero-order valence-corrected chi connectivity index (χ0v) is 15.0. The van der Waals surface area contributed by atoms with Gasteiger partial charge in [-0.3, -0.25) is 4.90 Å². The van der Waals surface area contributed by atoms with Gasteiger partial charge in [-0.2, -0.15) is 0 Å². The second kappa shape index (κ2) is 7.37. The van der Waals surface area contributed by atoms with Gasteiger partial charge in [-0.05, 0) is 37.0 Å². The summed E-state index contributed by atoms with van der Waals surface area (Å²) in [5.41, 5.74) is 5.71. The molecule has 26 heavy (non-hydrogen) atoms. The molecule has 4 atom stereocenters. The van der Waals surface area contributed by atoms with E-state index in [1.54, 1.807) is 12.1 Å². The Morgan fingerprint density at radius 3 is 2.73 bits per heavy atom. The normalized spacial score (nSPS) is 31.8. The first kappa shape index (κ1) is 19.5. The van der Waals surface area contributed by atoms with Crippen molar-refractivity contribution in [3.05, 3.63) is 29.8 Å². The maximum absolute atomic E-state index is 12.5. The van der Waals surface area contributed by atoms with E-state index in [1.165, 1.54) is 12.1 Å². The van der Waals surface area contributed by atoms with Gasteiger partial charge in [-0.15, -0.1) is 13.2 Å². The summed E-state index contributed by atoms with van der Waals surface area (Å²) in [6.45, 7) is 3.51. The molecule has 1 saturated heterocycles. The van der Waals surface area contributed by atoms with Gasteiger partial charge in [-0.1, -0.05) is 31.9 Å². The number of ether oxygens (including phenoxy) is 1. The average molecular weight is 372 g/mol.